The van der Waals surface area contributed by atoms with Crippen LogP contribution in [0.4, 0.5) is 0 Å². The van der Waals surface area contributed by atoms with Gasteiger partial charge in [-0.05, 0) is 47.4 Å². The molecule has 1 fully saturated rings. The second-order valence-electron chi connectivity index (χ2n) is 7.19. The van der Waals surface area contributed by atoms with E-state index in [4.69, 9.17) is 0 Å². The SMILES string of the molecule is Cc1cc(CO)cc(S(=O)(=O)NC2C(C)(C)C2(C)C)c1C. The highest BCUT2D eigenvalue weighted by molar-refractivity contribution is 7.89. The fourth-order valence-electron chi connectivity index (χ4n) is 2.98. The maximum absolute atomic E-state index is 12.7. The molecule has 0 amide bonds. The summed E-state index contributed by atoms with van der Waals surface area (Å²) in [4.78, 5) is 0.269. The molecule has 1 aliphatic carbocycles. The highest BCUT2D eigenvalue weighted by atomic mass is 32.2. The topological polar surface area (TPSA) is 66.4 Å². The lowest BCUT2D eigenvalue weighted by atomic mass is 10.0. The van der Waals surface area contributed by atoms with Crippen molar-refractivity contribution in [1.29, 1.82) is 0 Å². The number of hydrogen-bond donors (Lipinski definition) is 2. The van der Waals surface area contributed by atoms with Crippen LogP contribution < -0.4 is 4.72 Å². The Morgan fingerprint density at radius 1 is 1.14 bits per heavy atom. The van der Waals surface area contributed by atoms with Crippen LogP contribution in [-0.2, 0) is 16.6 Å². The molecule has 0 unspecified atom stereocenters. The van der Waals surface area contributed by atoms with Crippen molar-refractivity contribution < 1.29 is 13.5 Å². The van der Waals surface area contributed by atoms with Gasteiger partial charge < -0.3 is 5.11 Å². The molecule has 0 saturated heterocycles. The first-order chi connectivity index (χ1) is 9.45. The van der Waals surface area contributed by atoms with Gasteiger partial charge in [-0.3, -0.25) is 0 Å². The van der Waals surface area contributed by atoms with E-state index in [1.165, 1.54) is 0 Å². The monoisotopic (exact) mass is 311 g/mol. The Balaban J connectivity index is 2.40. The van der Waals surface area contributed by atoms with E-state index in [1.807, 2.05) is 13.0 Å². The van der Waals surface area contributed by atoms with Crippen LogP contribution in [0, 0.1) is 24.7 Å². The zero-order valence-corrected chi connectivity index (χ0v) is 14.4. The van der Waals surface area contributed by atoms with Gasteiger partial charge in [-0.1, -0.05) is 33.8 Å². The Morgan fingerprint density at radius 2 is 1.67 bits per heavy atom. The smallest absolute Gasteiger partial charge is 0.241 e. The molecule has 118 valence electrons. The number of nitrogens with one attached hydrogen (secondary N) is 1. The summed E-state index contributed by atoms with van der Waals surface area (Å²) in [7, 11) is -3.59. The molecular formula is C16H25NO3S. The number of aliphatic hydroxyl groups is 1. The molecule has 0 aliphatic heterocycles. The summed E-state index contributed by atoms with van der Waals surface area (Å²) in [5.74, 6) is 0. The molecular weight excluding hydrogens is 286 g/mol. The molecule has 0 radical (unpaired) electrons. The van der Waals surface area contributed by atoms with Gasteiger partial charge in [-0.25, -0.2) is 13.1 Å². The first kappa shape index (κ1) is 16.5. The molecule has 1 saturated carbocycles. The molecule has 0 bridgehead atoms. The predicted octanol–water partition coefficient (Wildman–Crippen LogP) is 2.51. The molecule has 0 heterocycles. The van der Waals surface area contributed by atoms with E-state index in [1.54, 1.807) is 13.0 Å². The van der Waals surface area contributed by atoms with Crippen molar-refractivity contribution in [2.45, 2.75) is 59.1 Å². The van der Waals surface area contributed by atoms with Crippen molar-refractivity contribution in [3.63, 3.8) is 0 Å². The number of sulfonamides is 1. The second kappa shape index (κ2) is 4.80. The summed E-state index contributed by atoms with van der Waals surface area (Å²) >= 11 is 0. The van der Waals surface area contributed by atoms with Crippen LogP contribution in [0.15, 0.2) is 17.0 Å². The van der Waals surface area contributed by atoms with E-state index in [0.29, 0.717) is 5.56 Å². The third-order valence-corrected chi connectivity index (χ3v) is 6.99. The van der Waals surface area contributed by atoms with Crippen LogP contribution in [0.25, 0.3) is 0 Å². The molecule has 1 aromatic carbocycles. The van der Waals surface area contributed by atoms with Crippen LogP contribution in [-0.4, -0.2) is 19.6 Å². The van der Waals surface area contributed by atoms with Crippen LogP contribution in [0.3, 0.4) is 0 Å². The minimum absolute atomic E-state index is 0.0579. The molecule has 0 spiro atoms. The molecule has 0 atom stereocenters. The minimum atomic E-state index is -3.59. The number of aryl methyl sites for hydroxylation is 1. The summed E-state index contributed by atoms with van der Waals surface area (Å²) in [6.07, 6.45) is 0. The van der Waals surface area contributed by atoms with Gasteiger partial charge in [0.05, 0.1) is 11.5 Å². The Kier molecular flexibility index (Phi) is 3.76. The summed E-state index contributed by atoms with van der Waals surface area (Å²) in [5.41, 5.74) is 2.11. The minimum Gasteiger partial charge on any atom is -0.392 e. The van der Waals surface area contributed by atoms with Gasteiger partial charge in [0.15, 0.2) is 0 Å². The van der Waals surface area contributed by atoms with Gasteiger partial charge in [-0.2, -0.15) is 0 Å². The average molecular weight is 311 g/mol. The highest BCUT2D eigenvalue weighted by Crippen LogP contribution is 2.63. The van der Waals surface area contributed by atoms with Crippen molar-refractivity contribution in [3.8, 4) is 0 Å². The molecule has 1 aromatic rings. The van der Waals surface area contributed by atoms with E-state index in [2.05, 4.69) is 32.4 Å². The number of rotatable bonds is 4. The van der Waals surface area contributed by atoms with Gasteiger partial charge >= 0.3 is 0 Å². The molecule has 5 heteroatoms. The Labute approximate surface area is 127 Å². The molecule has 0 aromatic heterocycles. The largest absolute Gasteiger partial charge is 0.392 e. The molecule has 2 N–H and O–H groups in total. The van der Waals surface area contributed by atoms with Gasteiger partial charge in [0.25, 0.3) is 0 Å². The molecule has 2 rings (SSSR count). The third kappa shape index (κ3) is 2.51. The second-order valence-corrected chi connectivity index (χ2v) is 8.87. The lowest BCUT2D eigenvalue weighted by Crippen LogP contribution is -2.30. The van der Waals surface area contributed by atoms with Crippen molar-refractivity contribution in [2.24, 2.45) is 10.8 Å². The number of aliphatic hydroxyl groups excluding tert-OH is 1. The van der Waals surface area contributed by atoms with Crippen molar-refractivity contribution in [2.75, 3.05) is 0 Å². The Hall–Kier alpha value is -0.910. The standard InChI is InChI=1S/C16H25NO3S/c1-10-7-12(9-18)8-13(11(10)2)21(19,20)17-14-15(3,4)16(14,5)6/h7-8,14,17-18H,9H2,1-6H3. The Morgan fingerprint density at radius 3 is 2.10 bits per heavy atom. The fraction of sp³-hybridized carbons (Fsp3) is 0.625. The Bertz CT molecular complexity index is 661. The van der Waals surface area contributed by atoms with Gasteiger partial charge in [0.2, 0.25) is 10.0 Å². The summed E-state index contributed by atoms with van der Waals surface area (Å²) in [6, 6.07) is 3.30. The van der Waals surface area contributed by atoms with Gasteiger partial charge in [-0.15, -0.1) is 0 Å². The molecule has 4 nitrogen and oxygen atoms in total. The van der Waals surface area contributed by atoms with Crippen molar-refractivity contribution in [1.82, 2.24) is 4.72 Å². The maximum Gasteiger partial charge on any atom is 0.241 e. The molecule has 1 aliphatic rings. The average Bonchev–Trinajstić information content (AvgIpc) is 2.74. The van der Waals surface area contributed by atoms with E-state index in [-0.39, 0.29) is 28.4 Å². The highest BCUT2D eigenvalue weighted by Gasteiger charge is 2.66. The van der Waals surface area contributed by atoms with E-state index in [9.17, 15) is 13.5 Å². The predicted molar refractivity (Wildman–Crippen MR) is 83.5 cm³/mol. The number of hydrogen-bond acceptors (Lipinski definition) is 3. The normalized spacial score (nSPS) is 20.5. The van der Waals surface area contributed by atoms with Crippen LogP contribution in [0.5, 0.6) is 0 Å². The van der Waals surface area contributed by atoms with E-state index in [0.717, 1.165) is 11.1 Å². The quantitative estimate of drug-likeness (QED) is 0.898. The summed E-state index contributed by atoms with van der Waals surface area (Å²) < 4.78 is 28.3. The van der Waals surface area contributed by atoms with Gasteiger partial charge in [0, 0.05) is 6.04 Å². The van der Waals surface area contributed by atoms with Crippen molar-refractivity contribution >= 4 is 10.0 Å². The third-order valence-electron chi connectivity index (χ3n) is 5.45. The molecule has 21 heavy (non-hydrogen) atoms. The van der Waals surface area contributed by atoms with Crippen LogP contribution >= 0.6 is 0 Å². The zero-order chi connectivity index (χ0) is 16.2. The maximum atomic E-state index is 12.7. The summed E-state index contributed by atoms with van der Waals surface area (Å²) in [6.45, 7) is 11.8. The lowest BCUT2D eigenvalue weighted by Gasteiger charge is -2.14. The van der Waals surface area contributed by atoms with E-state index < -0.39 is 10.0 Å². The zero-order valence-electron chi connectivity index (χ0n) is 13.6. The van der Waals surface area contributed by atoms with Crippen LogP contribution in [0.2, 0.25) is 0 Å². The van der Waals surface area contributed by atoms with E-state index >= 15 is 0 Å². The lowest BCUT2D eigenvalue weighted by molar-refractivity contribution is 0.281. The number of benzene rings is 1. The summed E-state index contributed by atoms with van der Waals surface area (Å²) in [5, 5.41) is 9.29. The first-order valence-electron chi connectivity index (χ1n) is 7.18. The van der Waals surface area contributed by atoms with Crippen LogP contribution in [0.1, 0.15) is 44.4 Å². The first-order valence-corrected chi connectivity index (χ1v) is 8.67. The van der Waals surface area contributed by atoms with Gasteiger partial charge in [0.1, 0.15) is 0 Å². The van der Waals surface area contributed by atoms with Crippen molar-refractivity contribution in [3.05, 3.63) is 28.8 Å². The fourth-order valence-corrected chi connectivity index (χ4v) is 4.88.